The Morgan fingerprint density at radius 1 is 1.07 bits per heavy atom. The van der Waals surface area contributed by atoms with Crippen LogP contribution in [0.15, 0.2) is 61.6 Å². The molecule has 0 aliphatic carbocycles. The Morgan fingerprint density at radius 3 is 2.76 bits per heavy atom. The molecule has 0 saturated heterocycles. The number of benzene rings is 2. The van der Waals surface area contributed by atoms with E-state index in [1.165, 1.54) is 12.4 Å². The molecule has 1 aliphatic heterocycles. The standard InChI is InChI=1S/C23H17FN4O/c1-2-14-11-18-22(25-12-14)23(27-13-26-18)28-10-9-16-15(5-3-7-19(16)28)17-6-4-8-20(29)21(17)24/h2-8,11-13,29H,1,9-10H2. The predicted octanol–water partition coefficient (Wildman–Crippen LogP) is 4.87. The maximum atomic E-state index is 14.6. The summed E-state index contributed by atoms with van der Waals surface area (Å²) >= 11 is 0. The van der Waals surface area contributed by atoms with Crippen molar-refractivity contribution in [1.29, 1.82) is 0 Å². The van der Waals surface area contributed by atoms with Crippen molar-refractivity contribution in [3.63, 3.8) is 0 Å². The van der Waals surface area contributed by atoms with Gasteiger partial charge in [-0.3, -0.25) is 4.98 Å². The van der Waals surface area contributed by atoms with E-state index in [2.05, 4.69) is 26.4 Å². The molecule has 0 bridgehead atoms. The number of aromatic nitrogens is 3. The van der Waals surface area contributed by atoms with Gasteiger partial charge in [0.2, 0.25) is 0 Å². The molecular formula is C23H17FN4O. The molecule has 4 aromatic rings. The number of halogens is 1. The number of fused-ring (bicyclic) bond motifs is 2. The van der Waals surface area contributed by atoms with E-state index in [0.29, 0.717) is 17.6 Å². The summed E-state index contributed by atoms with van der Waals surface area (Å²) in [6, 6.07) is 12.4. The molecule has 0 amide bonds. The summed E-state index contributed by atoms with van der Waals surface area (Å²) < 4.78 is 14.6. The van der Waals surface area contributed by atoms with Gasteiger partial charge < -0.3 is 10.0 Å². The third-order valence-corrected chi connectivity index (χ3v) is 5.26. The van der Waals surface area contributed by atoms with Crippen LogP contribution in [0.4, 0.5) is 15.9 Å². The van der Waals surface area contributed by atoms with Crippen LogP contribution < -0.4 is 4.90 Å². The topological polar surface area (TPSA) is 62.1 Å². The molecule has 0 fully saturated rings. The van der Waals surface area contributed by atoms with Gasteiger partial charge in [0.25, 0.3) is 0 Å². The Labute approximate surface area is 166 Å². The maximum Gasteiger partial charge on any atom is 0.172 e. The van der Waals surface area contributed by atoms with Crippen molar-refractivity contribution in [2.24, 2.45) is 0 Å². The van der Waals surface area contributed by atoms with Crippen LogP contribution in [0.1, 0.15) is 11.1 Å². The van der Waals surface area contributed by atoms with E-state index in [1.807, 2.05) is 24.3 Å². The van der Waals surface area contributed by atoms with Crippen LogP contribution in [0, 0.1) is 5.82 Å². The normalized spacial score (nSPS) is 12.9. The molecule has 0 atom stereocenters. The van der Waals surface area contributed by atoms with Gasteiger partial charge in [0, 0.05) is 24.0 Å². The minimum Gasteiger partial charge on any atom is -0.505 e. The third-order valence-electron chi connectivity index (χ3n) is 5.26. The largest absolute Gasteiger partial charge is 0.505 e. The van der Waals surface area contributed by atoms with Crippen molar-refractivity contribution in [3.05, 3.63) is 78.5 Å². The fourth-order valence-electron chi connectivity index (χ4n) is 3.89. The van der Waals surface area contributed by atoms with E-state index in [-0.39, 0.29) is 5.75 Å². The first-order valence-corrected chi connectivity index (χ1v) is 9.28. The number of phenolic OH excluding ortho intramolecular Hbond substituents is 1. The highest BCUT2D eigenvalue weighted by Crippen LogP contribution is 2.42. The molecule has 0 radical (unpaired) electrons. The Morgan fingerprint density at radius 2 is 1.90 bits per heavy atom. The lowest BCUT2D eigenvalue weighted by Crippen LogP contribution is -2.15. The van der Waals surface area contributed by atoms with Gasteiger partial charge in [-0.1, -0.05) is 36.9 Å². The summed E-state index contributed by atoms with van der Waals surface area (Å²) in [5, 5.41) is 9.78. The average molecular weight is 384 g/mol. The van der Waals surface area contributed by atoms with E-state index in [1.54, 1.807) is 24.4 Å². The summed E-state index contributed by atoms with van der Waals surface area (Å²) in [5.74, 6) is -0.234. The quantitative estimate of drug-likeness (QED) is 0.546. The molecule has 3 heterocycles. The minimum absolute atomic E-state index is 0.348. The molecule has 5 nitrogen and oxygen atoms in total. The van der Waals surface area contributed by atoms with E-state index >= 15 is 0 Å². The van der Waals surface area contributed by atoms with Gasteiger partial charge >= 0.3 is 0 Å². The Hall–Kier alpha value is -3.80. The summed E-state index contributed by atoms with van der Waals surface area (Å²) in [4.78, 5) is 15.5. The predicted molar refractivity (Wildman–Crippen MR) is 112 cm³/mol. The SMILES string of the molecule is C=Cc1cnc2c(N3CCc4c(-c5cccc(O)c5F)cccc43)ncnc2c1. The van der Waals surface area contributed by atoms with Gasteiger partial charge in [-0.25, -0.2) is 14.4 Å². The van der Waals surface area contributed by atoms with Crippen LogP contribution in [0.2, 0.25) is 0 Å². The van der Waals surface area contributed by atoms with Crippen LogP contribution in [-0.2, 0) is 6.42 Å². The highest BCUT2D eigenvalue weighted by Gasteiger charge is 2.27. The molecule has 0 unspecified atom stereocenters. The Balaban J connectivity index is 1.66. The average Bonchev–Trinajstić information content (AvgIpc) is 3.19. The molecule has 0 spiro atoms. The second kappa shape index (κ2) is 6.67. The highest BCUT2D eigenvalue weighted by molar-refractivity contribution is 5.91. The van der Waals surface area contributed by atoms with Gasteiger partial charge in [-0.15, -0.1) is 0 Å². The second-order valence-electron chi connectivity index (χ2n) is 6.88. The smallest absolute Gasteiger partial charge is 0.172 e. The van der Waals surface area contributed by atoms with E-state index in [9.17, 15) is 9.50 Å². The zero-order valence-electron chi connectivity index (χ0n) is 15.5. The van der Waals surface area contributed by atoms with Gasteiger partial charge in [-0.05, 0) is 41.3 Å². The molecule has 2 aromatic carbocycles. The molecule has 0 saturated carbocycles. The number of aromatic hydroxyl groups is 1. The molecule has 6 heteroatoms. The molecule has 1 aliphatic rings. The van der Waals surface area contributed by atoms with Gasteiger partial charge in [0.05, 0.1) is 5.52 Å². The number of hydrogen-bond donors (Lipinski definition) is 1. The summed E-state index contributed by atoms with van der Waals surface area (Å²) in [6.07, 6.45) is 5.74. The number of anilines is 2. The van der Waals surface area contributed by atoms with Crippen LogP contribution in [-0.4, -0.2) is 26.6 Å². The van der Waals surface area contributed by atoms with Crippen molar-refractivity contribution in [2.75, 3.05) is 11.4 Å². The zero-order chi connectivity index (χ0) is 20.0. The molecular weight excluding hydrogens is 367 g/mol. The summed E-state index contributed by atoms with van der Waals surface area (Å²) in [7, 11) is 0. The number of pyridine rings is 1. The Kier molecular flexibility index (Phi) is 3.98. The van der Waals surface area contributed by atoms with E-state index < -0.39 is 5.82 Å². The van der Waals surface area contributed by atoms with E-state index in [4.69, 9.17) is 0 Å². The maximum absolute atomic E-state index is 14.6. The van der Waals surface area contributed by atoms with Crippen LogP contribution in [0.5, 0.6) is 5.75 Å². The molecule has 2 aromatic heterocycles. The number of phenols is 1. The highest BCUT2D eigenvalue weighted by atomic mass is 19.1. The van der Waals surface area contributed by atoms with Crippen molar-refractivity contribution in [1.82, 2.24) is 15.0 Å². The van der Waals surface area contributed by atoms with Crippen LogP contribution in [0.25, 0.3) is 28.2 Å². The van der Waals surface area contributed by atoms with E-state index in [0.717, 1.165) is 40.1 Å². The number of nitrogens with zero attached hydrogens (tertiary/aromatic N) is 4. The summed E-state index contributed by atoms with van der Waals surface area (Å²) in [6.45, 7) is 4.48. The Bertz CT molecular complexity index is 1270. The lowest BCUT2D eigenvalue weighted by molar-refractivity contribution is 0.433. The molecule has 142 valence electrons. The minimum atomic E-state index is -0.606. The fraction of sp³-hybridized carbons (Fsp3) is 0.0870. The first-order chi connectivity index (χ1) is 14.2. The zero-order valence-corrected chi connectivity index (χ0v) is 15.5. The lowest BCUT2D eigenvalue weighted by atomic mass is 9.97. The summed E-state index contributed by atoms with van der Waals surface area (Å²) in [5.41, 5.74) is 5.50. The van der Waals surface area contributed by atoms with Gasteiger partial charge in [0.15, 0.2) is 17.4 Å². The molecule has 29 heavy (non-hydrogen) atoms. The fourth-order valence-corrected chi connectivity index (χ4v) is 3.89. The lowest BCUT2D eigenvalue weighted by Gasteiger charge is -2.20. The van der Waals surface area contributed by atoms with Crippen molar-refractivity contribution in [2.45, 2.75) is 6.42 Å². The van der Waals surface area contributed by atoms with Crippen molar-refractivity contribution >= 4 is 28.6 Å². The first kappa shape index (κ1) is 17.3. The monoisotopic (exact) mass is 384 g/mol. The molecule has 5 rings (SSSR count). The van der Waals surface area contributed by atoms with Gasteiger partial charge in [0.1, 0.15) is 11.8 Å². The second-order valence-corrected chi connectivity index (χ2v) is 6.88. The third kappa shape index (κ3) is 2.72. The van der Waals surface area contributed by atoms with Gasteiger partial charge in [-0.2, -0.15) is 0 Å². The van der Waals surface area contributed by atoms with Crippen LogP contribution in [0.3, 0.4) is 0 Å². The number of hydrogen-bond acceptors (Lipinski definition) is 5. The van der Waals surface area contributed by atoms with Crippen LogP contribution >= 0.6 is 0 Å². The van der Waals surface area contributed by atoms with Crippen molar-refractivity contribution < 1.29 is 9.50 Å². The van der Waals surface area contributed by atoms with Crippen molar-refractivity contribution in [3.8, 4) is 16.9 Å². The number of rotatable bonds is 3. The molecule has 1 N–H and O–H groups in total. The first-order valence-electron chi connectivity index (χ1n) is 9.28.